The van der Waals surface area contributed by atoms with Gasteiger partial charge in [0.25, 0.3) is 0 Å². The molecular formula is C10H14BrN3. The molecule has 2 rings (SSSR count). The summed E-state index contributed by atoms with van der Waals surface area (Å²) < 4.78 is 0. The Morgan fingerprint density at radius 2 is 2.21 bits per heavy atom. The van der Waals surface area contributed by atoms with Crippen LogP contribution in [0.2, 0.25) is 0 Å². The van der Waals surface area contributed by atoms with E-state index in [9.17, 15) is 0 Å². The molecule has 1 fully saturated rings. The first-order valence-electron chi connectivity index (χ1n) is 4.98. The number of rotatable bonds is 2. The molecule has 1 aliphatic rings. The second-order valence-electron chi connectivity index (χ2n) is 3.66. The number of hydrogen-bond acceptors (Lipinski definition) is 3. The minimum absolute atomic E-state index is 0.743. The van der Waals surface area contributed by atoms with Crippen molar-refractivity contribution in [3.63, 3.8) is 0 Å². The van der Waals surface area contributed by atoms with E-state index in [0.29, 0.717) is 0 Å². The molecule has 0 amide bonds. The van der Waals surface area contributed by atoms with Crippen LogP contribution in [0.1, 0.15) is 12.8 Å². The SMILES string of the molecule is BrC[C@H]1CCCN(c2ncccn2)C1. The fourth-order valence-electron chi connectivity index (χ4n) is 1.83. The number of halogens is 1. The Balaban J connectivity index is 2.04. The van der Waals surface area contributed by atoms with Crippen molar-refractivity contribution in [3.8, 4) is 0 Å². The van der Waals surface area contributed by atoms with Crippen molar-refractivity contribution in [2.24, 2.45) is 5.92 Å². The Bertz CT molecular complexity index is 278. The molecule has 14 heavy (non-hydrogen) atoms. The van der Waals surface area contributed by atoms with E-state index in [0.717, 1.165) is 30.3 Å². The largest absolute Gasteiger partial charge is 0.341 e. The van der Waals surface area contributed by atoms with Crippen LogP contribution in [0.5, 0.6) is 0 Å². The molecule has 3 nitrogen and oxygen atoms in total. The second-order valence-corrected chi connectivity index (χ2v) is 4.30. The van der Waals surface area contributed by atoms with Crippen LogP contribution in [-0.4, -0.2) is 28.4 Å². The van der Waals surface area contributed by atoms with E-state index < -0.39 is 0 Å². The average Bonchev–Trinajstić information content (AvgIpc) is 2.30. The molecule has 1 aliphatic heterocycles. The Morgan fingerprint density at radius 3 is 2.93 bits per heavy atom. The molecule has 0 spiro atoms. The first-order chi connectivity index (χ1) is 6.90. The smallest absolute Gasteiger partial charge is 0.225 e. The zero-order valence-electron chi connectivity index (χ0n) is 8.06. The van der Waals surface area contributed by atoms with Gasteiger partial charge in [-0.15, -0.1) is 0 Å². The number of anilines is 1. The van der Waals surface area contributed by atoms with Crippen LogP contribution in [0.4, 0.5) is 5.95 Å². The third-order valence-corrected chi connectivity index (χ3v) is 3.49. The minimum atomic E-state index is 0.743. The number of alkyl halides is 1. The predicted octanol–water partition coefficient (Wildman–Crippen LogP) is 2.09. The van der Waals surface area contributed by atoms with Gasteiger partial charge in [-0.2, -0.15) is 0 Å². The van der Waals surface area contributed by atoms with Gasteiger partial charge in [0.05, 0.1) is 0 Å². The van der Waals surface area contributed by atoms with Gasteiger partial charge in [-0.05, 0) is 24.8 Å². The van der Waals surface area contributed by atoms with E-state index in [4.69, 9.17) is 0 Å². The van der Waals surface area contributed by atoms with Crippen molar-refractivity contribution < 1.29 is 0 Å². The highest BCUT2D eigenvalue weighted by molar-refractivity contribution is 9.09. The lowest BCUT2D eigenvalue weighted by Crippen LogP contribution is -2.37. The zero-order chi connectivity index (χ0) is 9.80. The van der Waals surface area contributed by atoms with Gasteiger partial charge in [-0.1, -0.05) is 15.9 Å². The summed E-state index contributed by atoms with van der Waals surface area (Å²) in [5, 5.41) is 1.08. The molecule has 0 aliphatic carbocycles. The van der Waals surface area contributed by atoms with Crippen LogP contribution in [0.15, 0.2) is 18.5 Å². The van der Waals surface area contributed by atoms with Crippen molar-refractivity contribution in [2.45, 2.75) is 12.8 Å². The second kappa shape index (κ2) is 4.73. The summed E-state index contributed by atoms with van der Waals surface area (Å²) in [5.74, 6) is 1.62. The number of hydrogen-bond donors (Lipinski definition) is 0. The number of aromatic nitrogens is 2. The topological polar surface area (TPSA) is 29.0 Å². The summed E-state index contributed by atoms with van der Waals surface area (Å²) in [7, 11) is 0. The Labute approximate surface area is 92.7 Å². The van der Waals surface area contributed by atoms with E-state index >= 15 is 0 Å². The standard InChI is InChI=1S/C10H14BrN3/c11-7-9-3-1-6-14(8-9)10-12-4-2-5-13-10/h2,4-5,9H,1,3,6-8H2/t9-/m1/s1. The molecular weight excluding hydrogens is 242 g/mol. The number of nitrogens with zero attached hydrogens (tertiary/aromatic N) is 3. The molecule has 4 heteroatoms. The molecule has 0 saturated carbocycles. The molecule has 2 heterocycles. The van der Waals surface area contributed by atoms with Gasteiger partial charge >= 0.3 is 0 Å². The third kappa shape index (κ3) is 2.23. The molecule has 0 unspecified atom stereocenters. The summed E-state index contributed by atoms with van der Waals surface area (Å²) in [6.07, 6.45) is 6.17. The van der Waals surface area contributed by atoms with Gasteiger partial charge in [-0.3, -0.25) is 0 Å². The normalized spacial score (nSPS) is 22.4. The van der Waals surface area contributed by atoms with Crippen molar-refractivity contribution in [3.05, 3.63) is 18.5 Å². The summed E-state index contributed by atoms with van der Waals surface area (Å²) in [6.45, 7) is 2.17. The van der Waals surface area contributed by atoms with E-state index in [1.807, 2.05) is 6.07 Å². The molecule has 1 aromatic heterocycles. The summed E-state index contributed by atoms with van der Waals surface area (Å²) in [5.41, 5.74) is 0. The predicted molar refractivity (Wildman–Crippen MR) is 60.8 cm³/mol. The van der Waals surface area contributed by atoms with E-state index in [2.05, 4.69) is 30.8 Å². The van der Waals surface area contributed by atoms with Crippen molar-refractivity contribution in [1.82, 2.24) is 9.97 Å². The maximum Gasteiger partial charge on any atom is 0.225 e. The lowest BCUT2D eigenvalue weighted by molar-refractivity contribution is 0.450. The van der Waals surface area contributed by atoms with Crippen molar-refractivity contribution >= 4 is 21.9 Å². The fraction of sp³-hybridized carbons (Fsp3) is 0.600. The lowest BCUT2D eigenvalue weighted by Gasteiger charge is -2.31. The lowest BCUT2D eigenvalue weighted by atomic mass is 10.0. The van der Waals surface area contributed by atoms with Gasteiger partial charge in [0.15, 0.2) is 0 Å². The molecule has 1 saturated heterocycles. The minimum Gasteiger partial charge on any atom is -0.341 e. The van der Waals surface area contributed by atoms with E-state index in [-0.39, 0.29) is 0 Å². The van der Waals surface area contributed by atoms with Crippen LogP contribution in [0.3, 0.4) is 0 Å². The molecule has 0 N–H and O–H groups in total. The number of piperidine rings is 1. The van der Waals surface area contributed by atoms with Crippen LogP contribution < -0.4 is 4.90 Å². The van der Waals surface area contributed by atoms with Gasteiger partial charge in [0.1, 0.15) is 0 Å². The zero-order valence-corrected chi connectivity index (χ0v) is 9.65. The highest BCUT2D eigenvalue weighted by Crippen LogP contribution is 2.20. The molecule has 1 aromatic rings. The molecule has 0 radical (unpaired) electrons. The average molecular weight is 256 g/mol. The highest BCUT2D eigenvalue weighted by atomic mass is 79.9. The van der Waals surface area contributed by atoms with Gasteiger partial charge in [-0.25, -0.2) is 9.97 Å². The maximum absolute atomic E-state index is 4.27. The summed E-state index contributed by atoms with van der Waals surface area (Å²) in [6, 6.07) is 1.86. The quantitative estimate of drug-likeness (QED) is 0.759. The van der Waals surface area contributed by atoms with Gasteiger partial charge in [0, 0.05) is 30.8 Å². The highest BCUT2D eigenvalue weighted by Gasteiger charge is 2.20. The first-order valence-corrected chi connectivity index (χ1v) is 6.10. The molecule has 0 bridgehead atoms. The maximum atomic E-state index is 4.27. The monoisotopic (exact) mass is 255 g/mol. The van der Waals surface area contributed by atoms with Crippen LogP contribution in [0, 0.1) is 5.92 Å². The fourth-order valence-corrected chi connectivity index (χ4v) is 2.36. The van der Waals surface area contributed by atoms with Gasteiger partial charge < -0.3 is 4.90 Å². The molecule has 0 aromatic carbocycles. The Kier molecular flexibility index (Phi) is 3.35. The molecule has 76 valence electrons. The van der Waals surface area contributed by atoms with E-state index in [1.54, 1.807) is 12.4 Å². The van der Waals surface area contributed by atoms with Crippen LogP contribution >= 0.6 is 15.9 Å². The Hall–Kier alpha value is -0.640. The summed E-state index contributed by atoms with van der Waals surface area (Å²) in [4.78, 5) is 10.8. The van der Waals surface area contributed by atoms with Gasteiger partial charge in [0.2, 0.25) is 5.95 Å². The molecule has 1 atom stereocenters. The van der Waals surface area contributed by atoms with Crippen LogP contribution in [-0.2, 0) is 0 Å². The van der Waals surface area contributed by atoms with Crippen molar-refractivity contribution in [1.29, 1.82) is 0 Å². The Morgan fingerprint density at radius 1 is 1.43 bits per heavy atom. The van der Waals surface area contributed by atoms with E-state index in [1.165, 1.54) is 12.8 Å². The third-order valence-electron chi connectivity index (χ3n) is 2.57. The summed E-state index contributed by atoms with van der Waals surface area (Å²) >= 11 is 3.54. The van der Waals surface area contributed by atoms with Crippen molar-refractivity contribution in [2.75, 3.05) is 23.3 Å². The van der Waals surface area contributed by atoms with Crippen LogP contribution in [0.25, 0.3) is 0 Å². The first kappa shape index (κ1) is 9.90.